The number of anilines is 2. The third-order valence-electron chi connectivity index (χ3n) is 5.43. The van der Waals surface area contributed by atoms with Crippen molar-refractivity contribution in [1.29, 1.82) is 0 Å². The van der Waals surface area contributed by atoms with E-state index in [0.29, 0.717) is 32.0 Å². The number of morpholine rings is 1. The first-order valence-electron chi connectivity index (χ1n) is 10.3. The zero-order chi connectivity index (χ0) is 21.8. The second-order valence-electron chi connectivity index (χ2n) is 7.50. The van der Waals surface area contributed by atoms with Gasteiger partial charge in [-0.05, 0) is 43.5 Å². The largest absolute Gasteiger partial charge is 0.379 e. The Morgan fingerprint density at radius 2 is 1.77 bits per heavy atom. The van der Waals surface area contributed by atoms with Gasteiger partial charge in [-0.15, -0.1) is 0 Å². The van der Waals surface area contributed by atoms with Crippen LogP contribution in [0.2, 0.25) is 0 Å². The number of sulfonamides is 1. The Labute approximate surface area is 180 Å². The molecular formula is C20H25N5O5S. The van der Waals surface area contributed by atoms with Crippen molar-refractivity contribution in [2.75, 3.05) is 49.6 Å². The Hall–Kier alpha value is -2.76. The third kappa shape index (κ3) is 4.78. The summed E-state index contributed by atoms with van der Waals surface area (Å²) in [5.74, 6) is -0.532. The van der Waals surface area contributed by atoms with E-state index in [2.05, 4.69) is 20.4 Å². The van der Waals surface area contributed by atoms with Crippen LogP contribution in [-0.2, 0) is 14.8 Å². The highest BCUT2D eigenvalue weighted by molar-refractivity contribution is 7.89. The standard InChI is InChI=1S/C20H25N5O5S/c26-19-7-5-16(22-23-19)20(27)21-17-14-15(31(28,29)25-10-12-30-13-11-25)4-6-18(17)24-8-2-1-3-9-24/h4-7,14H,1-3,8-13H2,(H,21,27)(H,23,26). The molecule has 2 saturated heterocycles. The van der Waals surface area contributed by atoms with Crippen LogP contribution in [0.5, 0.6) is 0 Å². The molecule has 2 aliphatic rings. The van der Waals surface area contributed by atoms with E-state index in [1.165, 1.54) is 22.5 Å². The van der Waals surface area contributed by atoms with Gasteiger partial charge in [-0.2, -0.15) is 9.40 Å². The minimum absolute atomic E-state index is 0.0330. The van der Waals surface area contributed by atoms with Crippen LogP contribution >= 0.6 is 0 Å². The molecule has 0 radical (unpaired) electrons. The summed E-state index contributed by atoms with van der Waals surface area (Å²) >= 11 is 0. The molecule has 166 valence electrons. The van der Waals surface area contributed by atoms with E-state index in [-0.39, 0.29) is 10.6 Å². The lowest BCUT2D eigenvalue weighted by Crippen LogP contribution is -2.40. The number of piperidine rings is 1. The van der Waals surface area contributed by atoms with Gasteiger partial charge >= 0.3 is 0 Å². The van der Waals surface area contributed by atoms with E-state index in [1.54, 1.807) is 12.1 Å². The van der Waals surface area contributed by atoms with Crippen LogP contribution in [0.25, 0.3) is 0 Å². The topological polar surface area (TPSA) is 125 Å². The smallest absolute Gasteiger partial charge is 0.276 e. The molecule has 31 heavy (non-hydrogen) atoms. The summed E-state index contributed by atoms with van der Waals surface area (Å²) in [6.07, 6.45) is 3.20. The highest BCUT2D eigenvalue weighted by Gasteiger charge is 2.28. The molecule has 0 saturated carbocycles. The van der Waals surface area contributed by atoms with Crippen LogP contribution in [0, 0.1) is 0 Å². The van der Waals surface area contributed by atoms with E-state index in [1.807, 2.05) is 0 Å². The maximum atomic E-state index is 13.1. The molecule has 0 unspecified atom stereocenters. The molecule has 2 aliphatic heterocycles. The van der Waals surface area contributed by atoms with Crippen molar-refractivity contribution in [3.63, 3.8) is 0 Å². The van der Waals surface area contributed by atoms with Crippen molar-refractivity contribution < 1.29 is 17.9 Å². The molecule has 4 rings (SSSR count). The number of carbonyl (C=O) groups is 1. The number of H-pyrrole nitrogens is 1. The molecule has 0 bridgehead atoms. The number of ether oxygens (including phenoxy) is 1. The SMILES string of the molecule is O=C(Nc1cc(S(=O)(=O)N2CCOCC2)ccc1N1CCCCC1)c1ccc(=O)[nH]n1. The first-order valence-corrected chi connectivity index (χ1v) is 11.7. The van der Waals surface area contributed by atoms with Gasteiger partial charge in [0.25, 0.3) is 11.5 Å². The minimum Gasteiger partial charge on any atom is -0.379 e. The van der Waals surface area contributed by atoms with Crippen molar-refractivity contribution in [3.05, 3.63) is 46.4 Å². The Kier molecular flexibility index (Phi) is 6.35. The number of amides is 1. The summed E-state index contributed by atoms with van der Waals surface area (Å²) in [7, 11) is -3.72. The molecule has 1 aromatic heterocycles. The summed E-state index contributed by atoms with van der Waals surface area (Å²) in [4.78, 5) is 26.2. The van der Waals surface area contributed by atoms with Crippen LogP contribution in [0.1, 0.15) is 29.8 Å². The van der Waals surface area contributed by atoms with Crippen molar-refractivity contribution in [1.82, 2.24) is 14.5 Å². The summed E-state index contributed by atoms with van der Waals surface area (Å²) in [6, 6.07) is 7.37. The molecule has 2 fully saturated rings. The first-order chi connectivity index (χ1) is 14.9. The van der Waals surface area contributed by atoms with Crippen molar-refractivity contribution in [2.45, 2.75) is 24.2 Å². The van der Waals surface area contributed by atoms with Crippen molar-refractivity contribution in [3.8, 4) is 0 Å². The molecule has 0 spiro atoms. The number of hydrogen-bond acceptors (Lipinski definition) is 7. The number of aromatic amines is 1. The Morgan fingerprint density at radius 3 is 2.45 bits per heavy atom. The maximum Gasteiger partial charge on any atom is 0.276 e. The number of nitrogens with zero attached hydrogens (tertiary/aromatic N) is 3. The van der Waals surface area contributed by atoms with Crippen LogP contribution in [0.4, 0.5) is 11.4 Å². The lowest BCUT2D eigenvalue weighted by Gasteiger charge is -2.31. The van der Waals surface area contributed by atoms with Crippen LogP contribution in [0.3, 0.4) is 0 Å². The van der Waals surface area contributed by atoms with Crippen LogP contribution in [0.15, 0.2) is 40.0 Å². The number of rotatable bonds is 5. The van der Waals surface area contributed by atoms with Crippen LogP contribution in [-0.4, -0.2) is 68.2 Å². The fourth-order valence-electron chi connectivity index (χ4n) is 3.78. The first kappa shape index (κ1) is 21.5. The van der Waals surface area contributed by atoms with E-state index in [0.717, 1.165) is 38.0 Å². The van der Waals surface area contributed by atoms with Gasteiger partial charge in [0.1, 0.15) is 5.69 Å². The fourth-order valence-corrected chi connectivity index (χ4v) is 5.21. The Bertz CT molecular complexity index is 1080. The van der Waals surface area contributed by atoms with Crippen molar-refractivity contribution >= 4 is 27.3 Å². The fraction of sp³-hybridized carbons (Fsp3) is 0.450. The Morgan fingerprint density at radius 1 is 1.03 bits per heavy atom. The van der Waals surface area contributed by atoms with E-state index < -0.39 is 21.5 Å². The van der Waals surface area contributed by atoms with E-state index in [9.17, 15) is 18.0 Å². The molecule has 11 heteroatoms. The number of aromatic nitrogens is 2. The molecule has 10 nitrogen and oxygen atoms in total. The molecule has 1 aromatic carbocycles. The van der Waals surface area contributed by atoms with Crippen LogP contribution < -0.4 is 15.8 Å². The number of nitrogens with one attached hydrogen (secondary N) is 2. The Balaban J connectivity index is 1.68. The van der Waals surface area contributed by atoms with E-state index in [4.69, 9.17) is 4.74 Å². The summed E-state index contributed by atoms with van der Waals surface area (Å²) < 4.78 is 32.9. The van der Waals surface area contributed by atoms with Gasteiger partial charge in [0.05, 0.1) is 29.5 Å². The molecule has 1 amide bonds. The molecule has 3 heterocycles. The number of hydrogen-bond donors (Lipinski definition) is 2. The monoisotopic (exact) mass is 447 g/mol. The average Bonchev–Trinajstić information content (AvgIpc) is 2.80. The van der Waals surface area contributed by atoms with Gasteiger partial charge in [-0.3, -0.25) is 9.59 Å². The van der Waals surface area contributed by atoms with Gasteiger partial charge in [0.2, 0.25) is 10.0 Å². The van der Waals surface area contributed by atoms with Gasteiger partial charge in [0, 0.05) is 32.2 Å². The quantitative estimate of drug-likeness (QED) is 0.701. The normalized spacial score (nSPS) is 18.0. The van der Waals surface area contributed by atoms with Gasteiger partial charge in [0.15, 0.2) is 0 Å². The molecule has 2 aromatic rings. The summed E-state index contributed by atoms with van der Waals surface area (Å²) in [5.41, 5.74) is 0.780. The lowest BCUT2D eigenvalue weighted by molar-refractivity contribution is 0.0730. The molecule has 0 aliphatic carbocycles. The maximum absolute atomic E-state index is 13.1. The van der Waals surface area contributed by atoms with Crippen molar-refractivity contribution in [2.24, 2.45) is 0 Å². The zero-order valence-corrected chi connectivity index (χ0v) is 17.9. The third-order valence-corrected chi connectivity index (χ3v) is 7.33. The van der Waals surface area contributed by atoms with Gasteiger partial charge in [-0.1, -0.05) is 0 Å². The predicted octanol–water partition coefficient (Wildman–Crippen LogP) is 1.03. The zero-order valence-electron chi connectivity index (χ0n) is 17.0. The summed E-state index contributed by atoms with van der Waals surface area (Å²) in [5, 5.41) is 8.78. The number of carbonyl (C=O) groups excluding carboxylic acids is 1. The average molecular weight is 448 g/mol. The second kappa shape index (κ2) is 9.16. The molecule has 0 atom stereocenters. The van der Waals surface area contributed by atoms with Gasteiger partial charge in [-0.25, -0.2) is 13.5 Å². The van der Waals surface area contributed by atoms with Gasteiger partial charge < -0.3 is 15.0 Å². The highest BCUT2D eigenvalue weighted by atomic mass is 32.2. The molecule has 2 N–H and O–H groups in total. The lowest BCUT2D eigenvalue weighted by atomic mass is 10.1. The predicted molar refractivity (Wildman–Crippen MR) is 115 cm³/mol. The minimum atomic E-state index is -3.72. The summed E-state index contributed by atoms with van der Waals surface area (Å²) in [6.45, 7) is 2.95. The number of benzene rings is 1. The molecular weight excluding hydrogens is 422 g/mol. The highest BCUT2D eigenvalue weighted by Crippen LogP contribution is 2.32. The van der Waals surface area contributed by atoms with E-state index >= 15 is 0 Å². The second-order valence-corrected chi connectivity index (χ2v) is 9.44.